The number of aromatic nitrogens is 3. The molecule has 3 aromatic rings. The van der Waals surface area contributed by atoms with Crippen molar-refractivity contribution in [3.8, 4) is 5.82 Å². The largest absolute Gasteiger partial charge is 0.303 e. The second kappa shape index (κ2) is 15.0. The number of rotatable bonds is 7. The van der Waals surface area contributed by atoms with Crippen LogP contribution < -0.4 is 5.56 Å². The Morgan fingerprint density at radius 3 is 2.38 bits per heavy atom. The average Bonchev–Trinajstić information content (AvgIpc) is 3.28. The number of pyridine rings is 1. The molecule has 2 fully saturated rings. The molecule has 1 atom stereocenters. The van der Waals surface area contributed by atoms with Crippen LogP contribution in [0.5, 0.6) is 0 Å². The Morgan fingerprint density at radius 1 is 0.976 bits per heavy atom. The number of benzene rings is 1. The lowest BCUT2D eigenvalue weighted by Gasteiger charge is -2.34. The van der Waals surface area contributed by atoms with Crippen LogP contribution in [0, 0.1) is 5.92 Å². The average molecular weight is 593 g/mol. The van der Waals surface area contributed by atoms with E-state index in [1.165, 1.54) is 49.9 Å². The fraction of sp³-hybridized carbons (Fsp3) is 0.639. The summed E-state index contributed by atoms with van der Waals surface area (Å²) in [6, 6.07) is 10.3. The Labute approximate surface area is 259 Å². The van der Waals surface area contributed by atoms with E-state index in [1.54, 1.807) is 6.07 Å². The SMILES string of the molecule is CC.CC.CCCCCC(C)CN1CCC(c2ccc3c(n2)-n2c(nc(=O)c4c(Cl)cccc42)C32CCCCC2)CC1. The molecule has 0 amide bonds. The Balaban J connectivity index is 0.000000972. The van der Waals surface area contributed by atoms with Crippen LogP contribution in [-0.4, -0.2) is 39.1 Å². The van der Waals surface area contributed by atoms with Gasteiger partial charge >= 0.3 is 0 Å². The molecule has 6 heteroatoms. The number of nitrogens with zero attached hydrogens (tertiary/aromatic N) is 4. The summed E-state index contributed by atoms with van der Waals surface area (Å²) in [5.74, 6) is 3.10. The predicted octanol–water partition coefficient (Wildman–Crippen LogP) is 9.45. The zero-order valence-corrected chi connectivity index (χ0v) is 27.8. The number of fused-ring (bicyclic) bond motifs is 7. The monoisotopic (exact) mass is 592 g/mol. The van der Waals surface area contributed by atoms with E-state index in [2.05, 4.69) is 35.4 Å². The minimum atomic E-state index is -0.217. The van der Waals surface area contributed by atoms with Gasteiger partial charge in [-0.25, -0.2) is 4.98 Å². The minimum absolute atomic E-state index is 0.216. The third-order valence-electron chi connectivity index (χ3n) is 9.50. The first-order valence-electron chi connectivity index (χ1n) is 17.0. The van der Waals surface area contributed by atoms with Gasteiger partial charge in [-0.2, -0.15) is 4.98 Å². The molecule has 3 aliphatic rings. The van der Waals surface area contributed by atoms with Gasteiger partial charge in [-0.15, -0.1) is 0 Å². The van der Waals surface area contributed by atoms with Crippen molar-refractivity contribution in [2.75, 3.05) is 19.6 Å². The van der Waals surface area contributed by atoms with E-state index in [9.17, 15) is 4.79 Å². The zero-order valence-electron chi connectivity index (χ0n) is 27.0. The summed E-state index contributed by atoms with van der Waals surface area (Å²) in [7, 11) is 0. The maximum absolute atomic E-state index is 13.2. The van der Waals surface area contributed by atoms with Crippen LogP contribution in [0.4, 0.5) is 0 Å². The molecule has 42 heavy (non-hydrogen) atoms. The second-order valence-corrected chi connectivity index (χ2v) is 12.5. The molecule has 1 aromatic carbocycles. The number of likely N-dealkylation sites (tertiary alicyclic amines) is 1. The van der Waals surface area contributed by atoms with Gasteiger partial charge in [0.2, 0.25) is 0 Å². The highest BCUT2D eigenvalue weighted by Crippen LogP contribution is 2.51. The first-order chi connectivity index (χ1) is 20.5. The Morgan fingerprint density at radius 2 is 1.69 bits per heavy atom. The number of halogens is 1. The summed E-state index contributed by atoms with van der Waals surface area (Å²) in [6.07, 6.45) is 13.2. The number of hydrogen-bond donors (Lipinski definition) is 0. The molecule has 1 aliphatic carbocycles. The van der Waals surface area contributed by atoms with Gasteiger partial charge in [0, 0.05) is 23.7 Å². The molecule has 1 spiro atoms. The lowest BCUT2D eigenvalue weighted by molar-refractivity contribution is 0.181. The first-order valence-corrected chi connectivity index (χ1v) is 17.4. The minimum Gasteiger partial charge on any atom is -0.303 e. The topological polar surface area (TPSA) is 51.0 Å². The quantitative estimate of drug-likeness (QED) is 0.256. The third-order valence-corrected chi connectivity index (χ3v) is 9.82. The summed E-state index contributed by atoms with van der Waals surface area (Å²) in [5.41, 5.74) is 2.84. The lowest BCUT2D eigenvalue weighted by Crippen LogP contribution is -2.36. The van der Waals surface area contributed by atoms with Crippen molar-refractivity contribution in [1.29, 1.82) is 0 Å². The summed E-state index contributed by atoms with van der Waals surface area (Å²) in [5, 5.41) is 0.971. The van der Waals surface area contributed by atoms with Crippen molar-refractivity contribution in [2.24, 2.45) is 5.92 Å². The van der Waals surface area contributed by atoms with Gasteiger partial charge in [-0.3, -0.25) is 9.36 Å². The van der Waals surface area contributed by atoms with E-state index in [0.29, 0.717) is 16.3 Å². The van der Waals surface area contributed by atoms with Gasteiger partial charge in [-0.05, 0) is 69.3 Å². The van der Waals surface area contributed by atoms with Crippen molar-refractivity contribution in [3.05, 3.63) is 62.8 Å². The van der Waals surface area contributed by atoms with Crippen molar-refractivity contribution in [1.82, 2.24) is 19.4 Å². The predicted molar refractivity (Wildman–Crippen MR) is 178 cm³/mol. The highest BCUT2D eigenvalue weighted by Gasteiger charge is 2.47. The summed E-state index contributed by atoms with van der Waals surface area (Å²) < 4.78 is 2.18. The molecular formula is C36H53ClN4O. The molecule has 2 aromatic heterocycles. The maximum Gasteiger partial charge on any atom is 0.282 e. The third kappa shape index (κ3) is 6.33. The second-order valence-electron chi connectivity index (χ2n) is 12.1. The molecule has 4 heterocycles. The molecule has 0 radical (unpaired) electrons. The molecule has 2 aliphatic heterocycles. The van der Waals surface area contributed by atoms with Crippen molar-refractivity contribution < 1.29 is 0 Å². The van der Waals surface area contributed by atoms with Crippen molar-refractivity contribution >= 4 is 22.5 Å². The Hall–Kier alpha value is -2.24. The van der Waals surface area contributed by atoms with E-state index in [0.717, 1.165) is 74.7 Å². The maximum atomic E-state index is 13.2. The normalized spacial score (nSPS) is 18.5. The van der Waals surface area contributed by atoms with Gasteiger partial charge in [0.15, 0.2) is 0 Å². The fourth-order valence-corrected chi connectivity index (χ4v) is 7.70. The number of piperidine rings is 1. The molecule has 6 rings (SSSR count). The summed E-state index contributed by atoms with van der Waals surface area (Å²) in [4.78, 5) is 26.0. The zero-order chi connectivity index (χ0) is 30.3. The lowest BCUT2D eigenvalue weighted by atomic mass is 9.70. The Kier molecular flexibility index (Phi) is 11.6. The van der Waals surface area contributed by atoms with Crippen LogP contribution in [0.3, 0.4) is 0 Å². The van der Waals surface area contributed by atoms with Gasteiger partial charge in [-0.1, -0.05) is 104 Å². The number of hydrogen-bond acceptors (Lipinski definition) is 4. The highest BCUT2D eigenvalue weighted by molar-refractivity contribution is 6.35. The summed E-state index contributed by atoms with van der Waals surface area (Å²) >= 11 is 6.53. The van der Waals surface area contributed by atoms with Gasteiger partial charge in [0.05, 0.1) is 21.3 Å². The van der Waals surface area contributed by atoms with Gasteiger partial charge < -0.3 is 4.90 Å². The molecule has 230 valence electrons. The molecule has 0 N–H and O–H groups in total. The van der Waals surface area contributed by atoms with E-state index in [-0.39, 0.29) is 11.0 Å². The van der Waals surface area contributed by atoms with Crippen molar-refractivity contribution in [2.45, 2.75) is 124 Å². The van der Waals surface area contributed by atoms with Gasteiger partial charge in [0.25, 0.3) is 5.56 Å². The fourth-order valence-electron chi connectivity index (χ4n) is 7.45. The van der Waals surface area contributed by atoms with Crippen LogP contribution in [0.1, 0.15) is 135 Å². The first kappa shape index (κ1) is 32.7. The molecule has 1 saturated heterocycles. The van der Waals surface area contributed by atoms with E-state index >= 15 is 0 Å². The van der Waals surface area contributed by atoms with Crippen LogP contribution in [0.2, 0.25) is 5.02 Å². The van der Waals surface area contributed by atoms with Crippen LogP contribution in [0.25, 0.3) is 16.7 Å². The van der Waals surface area contributed by atoms with Crippen LogP contribution in [-0.2, 0) is 5.41 Å². The molecule has 1 saturated carbocycles. The smallest absolute Gasteiger partial charge is 0.282 e. The molecular weight excluding hydrogens is 540 g/mol. The molecule has 5 nitrogen and oxygen atoms in total. The highest BCUT2D eigenvalue weighted by atomic mass is 35.5. The number of unbranched alkanes of at least 4 members (excludes halogenated alkanes) is 2. The molecule has 0 bridgehead atoms. The summed E-state index contributed by atoms with van der Waals surface area (Å²) in [6.45, 7) is 16.2. The Bertz CT molecular complexity index is 1370. The standard InChI is InChI=1S/C32H41ClN4O.2C2H6/c1-3-4-6-10-22(2)21-36-19-15-23(16-20-36)26-14-13-24-29(34-26)37-27-12-9-11-25(33)28(27)30(38)35-31(37)32(24)17-7-5-8-18-32;2*1-2/h9,11-14,22-23H,3-8,10,15-21H2,1-2H3;2*1-2H3. The van der Waals surface area contributed by atoms with E-state index in [4.69, 9.17) is 21.6 Å². The van der Waals surface area contributed by atoms with E-state index < -0.39 is 0 Å². The van der Waals surface area contributed by atoms with Crippen molar-refractivity contribution in [3.63, 3.8) is 0 Å². The van der Waals surface area contributed by atoms with Crippen LogP contribution in [0.15, 0.2) is 35.1 Å². The van der Waals surface area contributed by atoms with Gasteiger partial charge in [0.1, 0.15) is 11.6 Å². The molecule has 1 unspecified atom stereocenters. The van der Waals surface area contributed by atoms with Crippen LogP contribution >= 0.6 is 11.6 Å². The van der Waals surface area contributed by atoms with E-state index in [1.807, 2.05) is 39.8 Å².